The van der Waals surface area contributed by atoms with Crippen molar-refractivity contribution in [2.45, 2.75) is 88.4 Å². The molecule has 2 fully saturated rings. The van der Waals surface area contributed by atoms with Gasteiger partial charge in [-0.3, -0.25) is 19.6 Å². The molecule has 1 aliphatic carbocycles. The van der Waals surface area contributed by atoms with Crippen LogP contribution in [0.15, 0.2) is 97.1 Å². The van der Waals surface area contributed by atoms with Crippen LogP contribution >= 0.6 is 0 Å². The number of rotatable bonds is 12. The van der Waals surface area contributed by atoms with Crippen LogP contribution in [0.25, 0.3) is 10.9 Å². The molecule has 1 N–H and O–H groups in total. The molecule has 2 aliphatic heterocycles. The number of piperidine rings is 2. The third kappa shape index (κ3) is 8.28. The lowest BCUT2D eigenvalue weighted by atomic mass is 9.69. The minimum Gasteiger partial charge on any atom is -0.371 e. The smallest absolute Gasteiger partial charge is 0.226 e. The molecule has 55 heavy (non-hydrogen) atoms. The van der Waals surface area contributed by atoms with Gasteiger partial charge in [0.1, 0.15) is 0 Å². The van der Waals surface area contributed by atoms with E-state index in [2.05, 4.69) is 119 Å². The van der Waals surface area contributed by atoms with Crippen molar-refractivity contribution in [3.63, 3.8) is 0 Å². The fourth-order valence-corrected chi connectivity index (χ4v) is 10.00. The van der Waals surface area contributed by atoms with E-state index in [9.17, 15) is 9.59 Å². The van der Waals surface area contributed by atoms with Crippen LogP contribution in [0.1, 0.15) is 115 Å². The summed E-state index contributed by atoms with van der Waals surface area (Å²) in [5.74, 6) is 2.25. The van der Waals surface area contributed by atoms with Gasteiger partial charge in [-0.25, -0.2) is 0 Å². The molecule has 3 unspecified atom stereocenters. The Hall–Kier alpha value is -4.75. The van der Waals surface area contributed by atoms with E-state index in [1.54, 1.807) is 0 Å². The average Bonchev–Trinajstić information content (AvgIpc) is 3.57. The van der Waals surface area contributed by atoms with E-state index in [1.807, 2.05) is 11.7 Å². The van der Waals surface area contributed by atoms with Crippen LogP contribution in [0.4, 0.5) is 5.69 Å². The zero-order valence-corrected chi connectivity index (χ0v) is 32.7. The fraction of sp³-hybridized carbons (Fsp3) is 0.438. The van der Waals surface area contributed by atoms with Gasteiger partial charge < -0.3 is 9.80 Å². The number of benzene rings is 4. The second-order valence-corrected chi connectivity index (χ2v) is 16.6. The largest absolute Gasteiger partial charge is 0.371 e. The molecule has 8 rings (SSSR count). The molecular formula is C48H57N5O2. The van der Waals surface area contributed by atoms with E-state index in [4.69, 9.17) is 5.10 Å². The molecule has 0 radical (unpaired) electrons. The molecule has 3 atom stereocenters. The molecule has 286 valence electrons. The van der Waals surface area contributed by atoms with E-state index in [1.165, 1.54) is 91.7 Å². The van der Waals surface area contributed by atoms with Gasteiger partial charge in [-0.1, -0.05) is 85.8 Å². The molecule has 3 heterocycles. The van der Waals surface area contributed by atoms with Crippen LogP contribution in [0.2, 0.25) is 0 Å². The van der Waals surface area contributed by atoms with Gasteiger partial charge in [0.05, 0.1) is 11.2 Å². The summed E-state index contributed by atoms with van der Waals surface area (Å²) in [7, 11) is 2.00. The summed E-state index contributed by atoms with van der Waals surface area (Å²) in [4.78, 5) is 27.7. The SMILES string of the molecule is CC(CCC(=O)NC=O)c1nn(C)c2cc(N3CCC(CCN4CCC(c5ccc(C6c7ccccc7CCC6c6ccccc6)cc5)CC4)CC3)ccc12. The van der Waals surface area contributed by atoms with Gasteiger partial charge in [-0.2, -0.15) is 5.10 Å². The Balaban J connectivity index is 0.812. The lowest BCUT2D eigenvalue weighted by Crippen LogP contribution is -2.37. The maximum atomic E-state index is 11.8. The minimum absolute atomic E-state index is 0.124. The Morgan fingerprint density at radius 1 is 0.836 bits per heavy atom. The van der Waals surface area contributed by atoms with E-state index >= 15 is 0 Å². The molecule has 0 bridgehead atoms. The maximum absolute atomic E-state index is 11.8. The molecule has 3 aliphatic rings. The number of amides is 2. The van der Waals surface area contributed by atoms with Gasteiger partial charge >= 0.3 is 0 Å². The van der Waals surface area contributed by atoms with Crippen molar-refractivity contribution in [3.8, 4) is 0 Å². The number of carbonyl (C=O) groups excluding carboxylic acids is 2. The summed E-state index contributed by atoms with van der Waals surface area (Å²) in [5, 5.41) is 8.22. The Labute approximate surface area is 327 Å². The number of anilines is 1. The first-order valence-electron chi connectivity index (χ1n) is 20.8. The predicted octanol–water partition coefficient (Wildman–Crippen LogP) is 9.08. The number of fused-ring (bicyclic) bond motifs is 2. The van der Waals surface area contributed by atoms with E-state index in [-0.39, 0.29) is 11.8 Å². The second kappa shape index (κ2) is 16.9. The van der Waals surface area contributed by atoms with Crippen molar-refractivity contribution in [2.24, 2.45) is 13.0 Å². The molecule has 5 aromatic rings. The third-order valence-electron chi connectivity index (χ3n) is 13.3. The average molecular weight is 736 g/mol. The normalized spacial score (nSPS) is 20.3. The number of hydrogen-bond acceptors (Lipinski definition) is 5. The number of hydrogen-bond donors (Lipinski definition) is 1. The lowest BCUT2D eigenvalue weighted by Gasteiger charge is -2.36. The number of carbonyl (C=O) groups is 2. The van der Waals surface area contributed by atoms with Gasteiger partial charge in [0, 0.05) is 49.5 Å². The molecule has 1 aromatic heterocycles. The van der Waals surface area contributed by atoms with Gasteiger partial charge in [0.25, 0.3) is 0 Å². The van der Waals surface area contributed by atoms with E-state index in [0.717, 1.165) is 42.0 Å². The highest BCUT2D eigenvalue weighted by Gasteiger charge is 2.32. The van der Waals surface area contributed by atoms with Crippen molar-refractivity contribution in [1.29, 1.82) is 0 Å². The summed E-state index contributed by atoms with van der Waals surface area (Å²) in [5.41, 5.74) is 10.9. The fourth-order valence-electron chi connectivity index (χ4n) is 10.00. The molecule has 2 saturated heterocycles. The third-order valence-corrected chi connectivity index (χ3v) is 13.3. The molecular weight excluding hydrogens is 679 g/mol. The number of nitrogens with zero attached hydrogens (tertiary/aromatic N) is 4. The molecule has 7 nitrogen and oxygen atoms in total. The molecule has 2 amide bonds. The van der Waals surface area contributed by atoms with Crippen LogP contribution < -0.4 is 10.2 Å². The molecule has 4 aromatic carbocycles. The molecule has 7 heteroatoms. The summed E-state index contributed by atoms with van der Waals surface area (Å²) in [6, 6.07) is 36.9. The van der Waals surface area contributed by atoms with Crippen LogP contribution in [0.3, 0.4) is 0 Å². The number of likely N-dealkylation sites (tertiary alicyclic amines) is 1. The highest BCUT2D eigenvalue weighted by Crippen LogP contribution is 2.46. The maximum Gasteiger partial charge on any atom is 0.226 e. The standard InChI is InChI=1S/C48H57N5O2/c1-34(12-21-46(55)49-33-54)48-44-20-18-41(32-45(44)51(2)50-48)53-30-23-35(24-31-53)22-27-52-28-25-37(26-29-52)36-13-15-40(16-14-36)47-42-11-7-6-10-39(42)17-19-43(47)38-8-4-3-5-9-38/h3-11,13-16,18,20,32-35,37,43,47H,12,17,19,21-31H2,1-2H3,(H,49,54,55). The summed E-state index contributed by atoms with van der Waals surface area (Å²) in [6.07, 6.45) is 10.1. The summed E-state index contributed by atoms with van der Waals surface area (Å²) in [6.45, 7) is 7.92. The Morgan fingerprint density at radius 3 is 2.33 bits per heavy atom. The van der Waals surface area contributed by atoms with Crippen LogP contribution in [-0.4, -0.2) is 59.7 Å². The first kappa shape index (κ1) is 37.2. The van der Waals surface area contributed by atoms with Crippen LogP contribution in [0, 0.1) is 5.92 Å². The van der Waals surface area contributed by atoms with Crippen molar-refractivity contribution in [3.05, 3.63) is 131 Å². The van der Waals surface area contributed by atoms with Gasteiger partial charge in [-0.05, 0) is 135 Å². The van der Waals surface area contributed by atoms with Gasteiger partial charge in [-0.15, -0.1) is 0 Å². The number of nitrogens with one attached hydrogen (secondary N) is 1. The first-order chi connectivity index (χ1) is 26.9. The van der Waals surface area contributed by atoms with Crippen molar-refractivity contribution >= 4 is 28.9 Å². The number of aromatic nitrogens is 2. The lowest BCUT2D eigenvalue weighted by molar-refractivity contribution is -0.125. The van der Waals surface area contributed by atoms with Gasteiger partial charge in [0.15, 0.2) is 0 Å². The highest BCUT2D eigenvalue weighted by atomic mass is 16.2. The summed E-state index contributed by atoms with van der Waals surface area (Å²) >= 11 is 0. The van der Waals surface area contributed by atoms with Crippen molar-refractivity contribution in [2.75, 3.05) is 37.6 Å². The molecule has 0 saturated carbocycles. The monoisotopic (exact) mass is 735 g/mol. The zero-order valence-electron chi connectivity index (χ0n) is 32.7. The summed E-state index contributed by atoms with van der Waals surface area (Å²) < 4.78 is 1.97. The van der Waals surface area contributed by atoms with Gasteiger partial charge in [0.2, 0.25) is 12.3 Å². The Morgan fingerprint density at radius 2 is 1.56 bits per heavy atom. The van der Waals surface area contributed by atoms with Crippen LogP contribution in [0.5, 0.6) is 0 Å². The quantitative estimate of drug-likeness (QED) is 0.130. The number of imide groups is 1. The predicted molar refractivity (Wildman–Crippen MR) is 223 cm³/mol. The number of aryl methyl sites for hydroxylation is 2. The van der Waals surface area contributed by atoms with Crippen molar-refractivity contribution in [1.82, 2.24) is 20.0 Å². The molecule has 0 spiro atoms. The van der Waals surface area contributed by atoms with E-state index < -0.39 is 0 Å². The van der Waals surface area contributed by atoms with Crippen molar-refractivity contribution < 1.29 is 9.59 Å². The Bertz CT molecular complexity index is 2060. The topological polar surface area (TPSA) is 70.5 Å². The highest BCUT2D eigenvalue weighted by molar-refractivity contribution is 5.87. The van der Waals surface area contributed by atoms with Crippen LogP contribution in [-0.2, 0) is 23.1 Å². The zero-order chi connectivity index (χ0) is 37.7. The first-order valence-corrected chi connectivity index (χ1v) is 20.8. The minimum atomic E-state index is -0.242. The Kier molecular flexibility index (Phi) is 11.5. The van der Waals surface area contributed by atoms with E-state index in [0.29, 0.717) is 37.0 Å². The second-order valence-electron chi connectivity index (χ2n) is 16.6.